The van der Waals surface area contributed by atoms with Crippen molar-refractivity contribution >= 4 is 0 Å². The molecule has 0 aromatic carbocycles. The van der Waals surface area contributed by atoms with Crippen LogP contribution in [0.1, 0.15) is 33.6 Å². The second kappa shape index (κ2) is 7.20. The van der Waals surface area contributed by atoms with Crippen molar-refractivity contribution in [3.05, 3.63) is 0 Å². The minimum Gasteiger partial charge on any atom is -0.380 e. The maximum Gasteiger partial charge on any atom is 0.0593 e. The summed E-state index contributed by atoms with van der Waals surface area (Å²) >= 11 is 0. The largest absolute Gasteiger partial charge is 0.380 e. The van der Waals surface area contributed by atoms with Gasteiger partial charge in [-0.15, -0.1) is 0 Å². The van der Waals surface area contributed by atoms with E-state index in [1.807, 2.05) is 0 Å². The molecule has 1 aliphatic rings. The van der Waals surface area contributed by atoms with E-state index in [-0.39, 0.29) is 0 Å². The van der Waals surface area contributed by atoms with Gasteiger partial charge in [0, 0.05) is 38.3 Å². The van der Waals surface area contributed by atoms with Crippen LogP contribution < -0.4 is 5.32 Å². The zero-order valence-corrected chi connectivity index (χ0v) is 10.5. The molecule has 1 rings (SSSR count). The Morgan fingerprint density at radius 3 is 2.67 bits per heavy atom. The number of piperazine rings is 1. The molecule has 0 saturated carbocycles. The number of hydrogen-bond acceptors (Lipinski definition) is 3. The van der Waals surface area contributed by atoms with Gasteiger partial charge in [-0.2, -0.15) is 0 Å². The number of ether oxygens (including phenoxy) is 1. The van der Waals surface area contributed by atoms with E-state index in [0.29, 0.717) is 12.1 Å². The van der Waals surface area contributed by atoms with Crippen LogP contribution >= 0.6 is 0 Å². The van der Waals surface area contributed by atoms with E-state index in [1.54, 1.807) is 0 Å². The minimum atomic E-state index is 0.675. The molecule has 0 spiro atoms. The first kappa shape index (κ1) is 12.9. The summed E-state index contributed by atoms with van der Waals surface area (Å²) in [5, 5.41) is 3.61. The zero-order chi connectivity index (χ0) is 11.1. The van der Waals surface area contributed by atoms with Gasteiger partial charge in [0.15, 0.2) is 0 Å². The summed E-state index contributed by atoms with van der Waals surface area (Å²) in [5.74, 6) is 0. The minimum absolute atomic E-state index is 0.675. The van der Waals surface area contributed by atoms with Crippen molar-refractivity contribution in [2.24, 2.45) is 0 Å². The van der Waals surface area contributed by atoms with Crippen LogP contribution in [0, 0.1) is 0 Å². The molecule has 90 valence electrons. The van der Waals surface area contributed by atoms with Gasteiger partial charge in [0.1, 0.15) is 0 Å². The predicted octanol–water partition coefficient (Wildman–Crippen LogP) is 1.49. The molecule has 0 aromatic heterocycles. The highest BCUT2D eigenvalue weighted by Gasteiger charge is 2.24. The van der Waals surface area contributed by atoms with Crippen LogP contribution in [-0.4, -0.2) is 49.8 Å². The molecule has 0 bridgehead atoms. The molecule has 1 aliphatic heterocycles. The Balaban J connectivity index is 2.33. The van der Waals surface area contributed by atoms with Gasteiger partial charge in [0.2, 0.25) is 0 Å². The smallest absolute Gasteiger partial charge is 0.0593 e. The van der Waals surface area contributed by atoms with E-state index in [4.69, 9.17) is 4.74 Å². The highest BCUT2D eigenvalue weighted by molar-refractivity contribution is 4.84. The lowest BCUT2D eigenvalue weighted by Gasteiger charge is -2.39. The maximum atomic E-state index is 5.44. The molecule has 2 unspecified atom stereocenters. The van der Waals surface area contributed by atoms with E-state index in [2.05, 4.69) is 31.0 Å². The van der Waals surface area contributed by atoms with E-state index in [1.165, 1.54) is 19.4 Å². The Bertz CT molecular complexity index is 164. The van der Waals surface area contributed by atoms with Crippen molar-refractivity contribution in [1.82, 2.24) is 10.2 Å². The van der Waals surface area contributed by atoms with Crippen molar-refractivity contribution in [2.45, 2.75) is 45.7 Å². The first-order chi connectivity index (χ1) is 7.31. The quantitative estimate of drug-likeness (QED) is 0.678. The summed E-state index contributed by atoms with van der Waals surface area (Å²) in [6.45, 7) is 11.7. The monoisotopic (exact) mass is 214 g/mol. The van der Waals surface area contributed by atoms with Gasteiger partial charge in [-0.25, -0.2) is 0 Å². The van der Waals surface area contributed by atoms with Crippen molar-refractivity contribution in [1.29, 1.82) is 0 Å². The summed E-state index contributed by atoms with van der Waals surface area (Å²) in [7, 11) is 0. The van der Waals surface area contributed by atoms with Crippen molar-refractivity contribution in [3.63, 3.8) is 0 Å². The molecule has 2 atom stereocenters. The summed E-state index contributed by atoms with van der Waals surface area (Å²) in [5.41, 5.74) is 0. The average molecular weight is 214 g/mol. The molecule has 1 N–H and O–H groups in total. The third kappa shape index (κ3) is 4.09. The van der Waals surface area contributed by atoms with Crippen molar-refractivity contribution in [3.8, 4) is 0 Å². The van der Waals surface area contributed by atoms with E-state index < -0.39 is 0 Å². The predicted molar refractivity (Wildman–Crippen MR) is 64.2 cm³/mol. The molecule has 3 nitrogen and oxygen atoms in total. The summed E-state index contributed by atoms with van der Waals surface area (Å²) in [6, 6.07) is 1.38. The van der Waals surface area contributed by atoms with Crippen LogP contribution in [0.5, 0.6) is 0 Å². The molecule has 0 aliphatic carbocycles. The highest BCUT2D eigenvalue weighted by atomic mass is 16.5. The first-order valence-corrected chi connectivity index (χ1v) is 6.36. The number of hydrogen-bond donors (Lipinski definition) is 1. The third-order valence-electron chi connectivity index (χ3n) is 3.30. The molecular formula is C12H26N2O. The van der Waals surface area contributed by atoms with Crippen molar-refractivity contribution in [2.75, 3.05) is 32.8 Å². The SMILES string of the molecule is CCOCCN1CC(CC)NCC1CC. The Kier molecular flexibility index (Phi) is 6.22. The maximum absolute atomic E-state index is 5.44. The Morgan fingerprint density at radius 2 is 2.07 bits per heavy atom. The molecule has 15 heavy (non-hydrogen) atoms. The highest BCUT2D eigenvalue weighted by Crippen LogP contribution is 2.11. The number of nitrogens with one attached hydrogen (secondary N) is 1. The molecule has 1 fully saturated rings. The molecule has 1 heterocycles. The van der Waals surface area contributed by atoms with Gasteiger partial charge in [0.05, 0.1) is 6.61 Å². The van der Waals surface area contributed by atoms with Crippen LogP contribution in [0.3, 0.4) is 0 Å². The normalized spacial score (nSPS) is 28.2. The summed E-state index contributed by atoms with van der Waals surface area (Å²) < 4.78 is 5.44. The summed E-state index contributed by atoms with van der Waals surface area (Å²) in [4.78, 5) is 2.58. The second-order valence-electron chi connectivity index (χ2n) is 4.27. The lowest BCUT2D eigenvalue weighted by molar-refractivity contribution is 0.0684. The Morgan fingerprint density at radius 1 is 1.27 bits per heavy atom. The van der Waals surface area contributed by atoms with Gasteiger partial charge in [-0.3, -0.25) is 4.90 Å². The fraction of sp³-hybridized carbons (Fsp3) is 1.00. The van der Waals surface area contributed by atoms with E-state index in [9.17, 15) is 0 Å². The molecule has 0 radical (unpaired) electrons. The molecule has 3 heteroatoms. The molecule has 1 saturated heterocycles. The van der Waals surface area contributed by atoms with Crippen LogP contribution in [-0.2, 0) is 4.74 Å². The average Bonchev–Trinajstić information content (AvgIpc) is 2.29. The Labute approximate surface area is 94.2 Å². The fourth-order valence-corrected chi connectivity index (χ4v) is 2.20. The Hall–Kier alpha value is -0.120. The number of rotatable bonds is 6. The lowest BCUT2D eigenvalue weighted by Crippen LogP contribution is -2.56. The van der Waals surface area contributed by atoms with Gasteiger partial charge >= 0.3 is 0 Å². The van der Waals surface area contributed by atoms with Crippen LogP contribution in [0.25, 0.3) is 0 Å². The van der Waals surface area contributed by atoms with Crippen molar-refractivity contribution < 1.29 is 4.74 Å². The summed E-state index contributed by atoms with van der Waals surface area (Å²) in [6.07, 6.45) is 2.46. The second-order valence-corrected chi connectivity index (χ2v) is 4.27. The topological polar surface area (TPSA) is 24.5 Å². The lowest BCUT2D eigenvalue weighted by atomic mass is 10.1. The van der Waals surface area contributed by atoms with E-state index >= 15 is 0 Å². The van der Waals surface area contributed by atoms with E-state index in [0.717, 1.165) is 26.3 Å². The molecule has 0 aromatic rings. The van der Waals surface area contributed by atoms with Gasteiger partial charge in [-0.1, -0.05) is 13.8 Å². The van der Waals surface area contributed by atoms with Crippen LogP contribution in [0.15, 0.2) is 0 Å². The first-order valence-electron chi connectivity index (χ1n) is 6.36. The number of nitrogens with zero attached hydrogens (tertiary/aromatic N) is 1. The van der Waals surface area contributed by atoms with Gasteiger partial charge < -0.3 is 10.1 Å². The zero-order valence-electron chi connectivity index (χ0n) is 10.5. The van der Waals surface area contributed by atoms with Gasteiger partial charge in [-0.05, 0) is 19.8 Å². The van der Waals surface area contributed by atoms with Crippen LogP contribution in [0.4, 0.5) is 0 Å². The standard InChI is InChI=1S/C12H26N2O/c1-4-11-10-14(7-8-15-6-3)12(5-2)9-13-11/h11-13H,4-10H2,1-3H3. The molecule has 0 amide bonds. The third-order valence-corrected chi connectivity index (χ3v) is 3.30. The fourth-order valence-electron chi connectivity index (χ4n) is 2.20. The van der Waals surface area contributed by atoms with Gasteiger partial charge in [0.25, 0.3) is 0 Å². The van der Waals surface area contributed by atoms with Crippen LogP contribution in [0.2, 0.25) is 0 Å². The molecular weight excluding hydrogens is 188 g/mol.